The Morgan fingerprint density at radius 3 is 2.59 bits per heavy atom. The van der Waals surface area contributed by atoms with E-state index in [1.165, 1.54) is 12.5 Å². The van der Waals surface area contributed by atoms with E-state index in [9.17, 15) is 4.79 Å². The number of alkyl carbamates (subject to hydrolysis) is 1. The molecule has 5 nitrogen and oxygen atoms in total. The highest BCUT2D eigenvalue weighted by molar-refractivity contribution is 7.96. The number of nitrogens with zero attached hydrogens (tertiary/aromatic N) is 1. The second kappa shape index (κ2) is 14.2. The van der Waals surface area contributed by atoms with Gasteiger partial charge < -0.3 is 4.74 Å². The predicted molar refractivity (Wildman–Crippen MR) is 95.1 cm³/mol. The number of benzene rings is 1. The van der Waals surface area contributed by atoms with Crippen LogP contribution in [-0.2, 0) is 11.3 Å². The molecule has 0 aromatic heterocycles. The summed E-state index contributed by atoms with van der Waals surface area (Å²) in [6.07, 6.45) is 3.68. The van der Waals surface area contributed by atoms with Crippen molar-refractivity contribution >= 4 is 24.8 Å². The molecule has 6 heteroatoms. The Morgan fingerprint density at radius 2 is 2.14 bits per heavy atom. The highest BCUT2D eigenvalue weighted by atomic mass is 32.2. The molecule has 1 amide bonds. The Bertz CT molecular complexity index is 415. The lowest BCUT2D eigenvalue weighted by Crippen LogP contribution is -2.32. The standard InChI is InChI=1S/C12H14N2O2.C4H11NS/c1-3-11(13-2)14-12(15)16-9-10-7-5-4-6-8-10;1-3-4-5-6-2/h3-8,11H,1-2,9H2,(H,14,15);5H,3-4H2,1-2H3. The van der Waals surface area contributed by atoms with Crippen LogP contribution in [0, 0.1) is 0 Å². The van der Waals surface area contributed by atoms with Crippen molar-refractivity contribution < 1.29 is 9.53 Å². The van der Waals surface area contributed by atoms with E-state index in [2.05, 4.69) is 35.3 Å². The molecule has 2 N–H and O–H groups in total. The lowest BCUT2D eigenvalue weighted by atomic mass is 10.2. The van der Waals surface area contributed by atoms with Crippen LogP contribution in [0.3, 0.4) is 0 Å². The first-order valence-corrected chi connectivity index (χ1v) is 8.21. The normalized spacial score (nSPS) is 10.6. The molecule has 0 aliphatic rings. The molecule has 0 heterocycles. The molecule has 1 rings (SSSR count). The maximum absolute atomic E-state index is 11.3. The van der Waals surface area contributed by atoms with E-state index in [4.69, 9.17) is 4.74 Å². The summed E-state index contributed by atoms with van der Waals surface area (Å²) in [5, 5.41) is 2.48. The van der Waals surface area contributed by atoms with Gasteiger partial charge in [-0.25, -0.2) is 4.79 Å². The van der Waals surface area contributed by atoms with Crippen LogP contribution >= 0.6 is 11.9 Å². The number of carbonyl (C=O) groups is 1. The number of hydrogen-bond acceptors (Lipinski definition) is 5. The molecule has 0 saturated heterocycles. The minimum absolute atomic E-state index is 0.230. The molecular weight excluding hydrogens is 298 g/mol. The molecule has 0 fully saturated rings. The SMILES string of the molecule is C=CC(N=C)NC(=O)OCc1ccccc1.CCCNSC. The van der Waals surface area contributed by atoms with Gasteiger partial charge in [-0.2, -0.15) is 0 Å². The van der Waals surface area contributed by atoms with Gasteiger partial charge >= 0.3 is 6.09 Å². The average Bonchev–Trinajstić information content (AvgIpc) is 2.57. The van der Waals surface area contributed by atoms with Gasteiger partial charge in [-0.1, -0.05) is 55.8 Å². The highest BCUT2D eigenvalue weighted by Crippen LogP contribution is 2.00. The zero-order valence-electron chi connectivity index (χ0n) is 13.2. The van der Waals surface area contributed by atoms with Gasteiger partial charge in [0.05, 0.1) is 0 Å². The van der Waals surface area contributed by atoms with Crippen LogP contribution in [0.15, 0.2) is 48.0 Å². The average molecular weight is 323 g/mol. The predicted octanol–water partition coefficient (Wildman–Crippen LogP) is 3.39. The summed E-state index contributed by atoms with van der Waals surface area (Å²) in [5.41, 5.74) is 0.930. The van der Waals surface area contributed by atoms with Crippen LogP contribution in [0.1, 0.15) is 18.9 Å². The zero-order chi connectivity index (χ0) is 16.6. The molecule has 0 aliphatic carbocycles. The van der Waals surface area contributed by atoms with Gasteiger partial charge in [-0.05, 0) is 31.0 Å². The fourth-order valence-corrected chi connectivity index (χ4v) is 1.68. The van der Waals surface area contributed by atoms with E-state index >= 15 is 0 Å². The highest BCUT2D eigenvalue weighted by Gasteiger charge is 2.06. The number of nitrogens with one attached hydrogen (secondary N) is 2. The summed E-state index contributed by atoms with van der Waals surface area (Å²) in [7, 11) is 0. The second-order valence-corrected chi connectivity index (χ2v) is 4.86. The third-order valence-corrected chi connectivity index (χ3v) is 2.89. The van der Waals surface area contributed by atoms with Crippen molar-refractivity contribution in [1.82, 2.24) is 10.0 Å². The number of aliphatic imine (C=N–C) groups is 1. The maximum Gasteiger partial charge on any atom is 0.409 e. The fourth-order valence-electron chi connectivity index (χ4n) is 1.27. The molecule has 22 heavy (non-hydrogen) atoms. The van der Waals surface area contributed by atoms with Gasteiger partial charge in [0, 0.05) is 6.54 Å². The largest absolute Gasteiger partial charge is 0.445 e. The van der Waals surface area contributed by atoms with Crippen LogP contribution < -0.4 is 10.0 Å². The van der Waals surface area contributed by atoms with Gasteiger partial charge in [-0.15, -0.1) is 0 Å². The lowest BCUT2D eigenvalue weighted by molar-refractivity contribution is 0.138. The van der Waals surface area contributed by atoms with Gasteiger partial charge in [0.15, 0.2) is 0 Å². The van der Waals surface area contributed by atoms with E-state index in [0.29, 0.717) is 0 Å². The van der Waals surface area contributed by atoms with Crippen molar-refractivity contribution in [2.24, 2.45) is 4.99 Å². The van der Waals surface area contributed by atoms with E-state index in [0.717, 1.165) is 12.1 Å². The third-order valence-electron chi connectivity index (χ3n) is 2.39. The Morgan fingerprint density at radius 1 is 1.45 bits per heavy atom. The molecule has 1 aromatic rings. The summed E-state index contributed by atoms with van der Waals surface area (Å²) in [5.74, 6) is 0. The summed E-state index contributed by atoms with van der Waals surface area (Å²) >= 11 is 1.68. The Hall–Kier alpha value is -1.79. The van der Waals surface area contributed by atoms with Gasteiger partial charge in [0.25, 0.3) is 0 Å². The number of ether oxygens (including phenoxy) is 1. The number of rotatable bonds is 8. The quantitative estimate of drug-likeness (QED) is 0.333. The minimum atomic E-state index is -0.541. The number of hydrogen-bond donors (Lipinski definition) is 2. The topological polar surface area (TPSA) is 62.7 Å². The number of amides is 1. The zero-order valence-corrected chi connectivity index (χ0v) is 14.1. The van der Waals surface area contributed by atoms with Crippen molar-refractivity contribution in [2.75, 3.05) is 12.8 Å². The number of carbonyl (C=O) groups excluding carboxylic acids is 1. The fraction of sp³-hybridized carbons (Fsp3) is 0.375. The van der Waals surface area contributed by atoms with Crippen molar-refractivity contribution in [3.63, 3.8) is 0 Å². The molecular formula is C16H25N3O2S. The first-order valence-electron chi connectivity index (χ1n) is 6.99. The van der Waals surface area contributed by atoms with E-state index in [-0.39, 0.29) is 6.61 Å². The molecule has 0 spiro atoms. The van der Waals surface area contributed by atoms with Crippen molar-refractivity contribution in [1.29, 1.82) is 0 Å². The van der Waals surface area contributed by atoms with Gasteiger partial charge in [0.1, 0.15) is 12.8 Å². The van der Waals surface area contributed by atoms with Crippen molar-refractivity contribution in [2.45, 2.75) is 26.1 Å². The van der Waals surface area contributed by atoms with Crippen LogP contribution in [0.25, 0.3) is 0 Å². The van der Waals surface area contributed by atoms with E-state index in [1.54, 1.807) is 11.9 Å². The van der Waals surface area contributed by atoms with E-state index in [1.807, 2.05) is 36.6 Å². The molecule has 1 aromatic carbocycles. The van der Waals surface area contributed by atoms with Crippen molar-refractivity contribution in [3.8, 4) is 0 Å². The van der Waals surface area contributed by atoms with E-state index < -0.39 is 12.3 Å². The maximum atomic E-state index is 11.3. The molecule has 0 aliphatic heterocycles. The summed E-state index contributed by atoms with van der Waals surface area (Å²) in [4.78, 5) is 14.9. The summed E-state index contributed by atoms with van der Waals surface area (Å²) < 4.78 is 8.09. The molecule has 1 atom stereocenters. The minimum Gasteiger partial charge on any atom is -0.445 e. The first kappa shape index (κ1) is 20.2. The van der Waals surface area contributed by atoms with Gasteiger partial charge in [-0.3, -0.25) is 15.0 Å². The smallest absolute Gasteiger partial charge is 0.409 e. The summed E-state index contributed by atoms with van der Waals surface area (Å²) in [6.45, 7) is 10.3. The molecule has 0 radical (unpaired) electrons. The third kappa shape index (κ3) is 10.9. The van der Waals surface area contributed by atoms with Crippen LogP contribution in [0.5, 0.6) is 0 Å². The molecule has 0 bridgehead atoms. The second-order valence-electron chi connectivity index (χ2n) is 4.17. The molecule has 122 valence electrons. The summed E-state index contributed by atoms with van der Waals surface area (Å²) in [6, 6.07) is 9.43. The first-order chi connectivity index (χ1) is 10.7. The monoisotopic (exact) mass is 323 g/mol. The van der Waals surface area contributed by atoms with Gasteiger partial charge in [0.2, 0.25) is 0 Å². The Balaban J connectivity index is 0.000000626. The Kier molecular flexibility index (Phi) is 13.0. The van der Waals surface area contributed by atoms with Crippen LogP contribution in [0.2, 0.25) is 0 Å². The molecule has 0 saturated carbocycles. The Labute approximate surface area is 137 Å². The van der Waals surface area contributed by atoms with Crippen LogP contribution in [-0.4, -0.2) is 31.8 Å². The van der Waals surface area contributed by atoms with Crippen molar-refractivity contribution in [3.05, 3.63) is 48.6 Å². The molecule has 1 unspecified atom stereocenters. The lowest BCUT2D eigenvalue weighted by Gasteiger charge is -2.10. The van der Waals surface area contributed by atoms with Crippen LogP contribution in [0.4, 0.5) is 4.79 Å².